The zero-order valence-corrected chi connectivity index (χ0v) is 5.44. The highest BCUT2D eigenvalue weighted by Gasteiger charge is 2.46. The first-order valence-corrected chi connectivity index (χ1v) is 3.58. The molecule has 0 aromatic carbocycles. The number of ketones is 1. The number of nitrogens with one attached hydrogen (secondary N) is 1. The molecule has 0 bridgehead atoms. The predicted octanol–water partition coefficient (Wildman–Crippen LogP) is 0.329. The molecule has 0 aromatic heterocycles. The predicted molar refractivity (Wildman–Crippen MR) is 34.2 cm³/mol. The van der Waals surface area contributed by atoms with Crippen molar-refractivity contribution in [3.8, 4) is 0 Å². The van der Waals surface area contributed by atoms with E-state index in [1.807, 2.05) is 0 Å². The number of rotatable bonds is 0. The maximum Gasteiger partial charge on any atom is 0.141 e. The van der Waals surface area contributed by atoms with Crippen molar-refractivity contribution in [2.24, 2.45) is 5.41 Å². The highest BCUT2D eigenvalue weighted by molar-refractivity contribution is 5.88. The van der Waals surface area contributed by atoms with E-state index in [2.05, 4.69) is 5.32 Å². The van der Waals surface area contributed by atoms with Crippen LogP contribution in [0.25, 0.3) is 0 Å². The summed E-state index contributed by atoms with van der Waals surface area (Å²) in [7, 11) is 0. The van der Waals surface area contributed by atoms with Gasteiger partial charge in [-0.25, -0.2) is 0 Å². The van der Waals surface area contributed by atoms with Gasteiger partial charge in [0.15, 0.2) is 0 Å². The van der Waals surface area contributed by atoms with Gasteiger partial charge in [0.25, 0.3) is 0 Å². The van der Waals surface area contributed by atoms with E-state index in [1.165, 1.54) is 0 Å². The maximum atomic E-state index is 11.1. The summed E-state index contributed by atoms with van der Waals surface area (Å²) in [5, 5.41) is 3.15. The van der Waals surface area contributed by atoms with Gasteiger partial charge in [-0.1, -0.05) is 0 Å². The van der Waals surface area contributed by atoms with Gasteiger partial charge in [0.1, 0.15) is 5.78 Å². The van der Waals surface area contributed by atoms with Crippen LogP contribution in [0.4, 0.5) is 0 Å². The Morgan fingerprint density at radius 2 is 2.22 bits per heavy atom. The number of hydrogen-bond acceptors (Lipinski definition) is 2. The molecule has 2 aliphatic rings. The Balaban J connectivity index is 2.17. The van der Waals surface area contributed by atoms with Crippen molar-refractivity contribution in [3.05, 3.63) is 0 Å². The van der Waals surface area contributed by atoms with Crippen molar-refractivity contribution < 1.29 is 4.79 Å². The Bertz CT molecular complexity index is 149. The number of hydrogen-bond donors (Lipinski definition) is 1. The molecule has 1 heterocycles. The van der Waals surface area contributed by atoms with Crippen LogP contribution < -0.4 is 5.32 Å². The van der Waals surface area contributed by atoms with Crippen molar-refractivity contribution >= 4 is 5.78 Å². The van der Waals surface area contributed by atoms with Crippen LogP contribution in [0.1, 0.15) is 19.3 Å². The van der Waals surface area contributed by atoms with E-state index in [0.29, 0.717) is 5.78 Å². The molecule has 1 saturated heterocycles. The normalized spacial score (nSPS) is 30.9. The molecule has 1 spiro atoms. The average molecular weight is 125 g/mol. The zero-order chi connectivity index (χ0) is 6.32. The van der Waals surface area contributed by atoms with Crippen LogP contribution in [0, 0.1) is 5.41 Å². The summed E-state index contributed by atoms with van der Waals surface area (Å²) in [6.07, 6.45) is 3.10. The standard InChI is InChI=1S/C7H11NO/c9-6-2-1-3-7(6)4-8-5-7/h8H,1-5H2. The lowest BCUT2D eigenvalue weighted by Gasteiger charge is -2.37. The largest absolute Gasteiger partial charge is 0.315 e. The number of Topliss-reactive ketones (excluding diaryl/α,β-unsaturated/α-hetero) is 1. The van der Waals surface area contributed by atoms with Gasteiger partial charge in [-0.3, -0.25) is 4.79 Å². The lowest BCUT2D eigenvalue weighted by atomic mass is 9.79. The molecule has 0 unspecified atom stereocenters. The SMILES string of the molecule is O=C1CCCC12CNC2. The smallest absolute Gasteiger partial charge is 0.141 e. The van der Waals surface area contributed by atoms with Crippen LogP contribution in [0.3, 0.4) is 0 Å². The molecule has 9 heavy (non-hydrogen) atoms. The molecule has 1 aliphatic heterocycles. The summed E-state index contributed by atoms with van der Waals surface area (Å²) >= 11 is 0. The van der Waals surface area contributed by atoms with Crippen LogP contribution >= 0.6 is 0 Å². The fraction of sp³-hybridized carbons (Fsp3) is 0.857. The summed E-state index contributed by atoms with van der Waals surface area (Å²) in [5.41, 5.74) is 0.125. The first-order valence-electron chi connectivity index (χ1n) is 3.58. The molecule has 0 atom stereocenters. The molecule has 0 amide bonds. The van der Waals surface area contributed by atoms with E-state index in [4.69, 9.17) is 0 Å². The van der Waals surface area contributed by atoms with Gasteiger partial charge >= 0.3 is 0 Å². The highest BCUT2D eigenvalue weighted by atomic mass is 16.1. The van der Waals surface area contributed by atoms with Crippen molar-refractivity contribution in [1.29, 1.82) is 0 Å². The van der Waals surface area contributed by atoms with Gasteiger partial charge < -0.3 is 5.32 Å². The molecular formula is C7H11NO. The molecule has 1 aliphatic carbocycles. The van der Waals surface area contributed by atoms with E-state index >= 15 is 0 Å². The molecule has 2 fully saturated rings. The monoisotopic (exact) mass is 125 g/mol. The molecule has 2 nitrogen and oxygen atoms in total. The lowest BCUT2D eigenvalue weighted by Crippen LogP contribution is -2.55. The van der Waals surface area contributed by atoms with Crippen molar-refractivity contribution in [1.82, 2.24) is 5.32 Å². The van der Waals surface area contributed by atoms with E-state index in [9.17, 15) is 4.79 Å². The third-order valence-corrected chi connectivity index (χ3v) is 2.58. The summed E-state index contributed by atoms with van der Waals surface area (Å²) in [4.78, 5) is 11.1. The second kappa shape index (κ2) is 1.57. The Morgan fingerprint density at radius 1 is 1.44 bits per heavy atom. The van der Waals surface area contributed by atoms with Crippen molar-refractivity contribution in [2.45, 2.75) is 19.3 Å². The quantitative estimate of drug-likeness (QED) is 0.505. The topological polar surface area (TPSA) is 29.1 Å². The van der Waals surface area contributed by atoms with Crippen molar-refractivity contribution in [3.63, 3.8) is 0 Å². The van der Waals surface area contributed by atoms with Crippen molar-refractivity contribution in [2.75, 3.05) is 13.1 Å². The first-order chi connectivity index (χ1) is 4.33. The van der Waals surface area contributed by atoms with Gasteiger partial charge in [-0.15, -0.1) is 0 Å². The van der Waals surface area contributed by atoms with E-state index in [1.54, 1.807) is 0 Å². The van der Waals surface area contributed by atoms with Crippen LogP contribution in [-0.2, 0) is 4.79 Å². The molecule has 0 radical (unpaired) electrons. The van der Waals surface area contributed by atoms with Crippen LogP contribution in [0.5, 0.6) is 0 Å². The third-order valence-electron chi connectivity index (χ3n) is 2.58. The fourth-order valence-electron chi connectivity index (χ4n) is 1.79. The van der Waals surface area contributed by atoms with E-state index in [0.717, 1.165) is 32.4 Å². The molecule has 50 valence electrons. The average Bonchev–Trinajstić information content (AvgIpc) is 2.07. The molecule has 2 rings (SSSR count). The summed E-state index contributed by atoms with van der Waals surface area (Å²) in [6.45, 7) is 1.90. The minimum absolute atomic E-state index is 0.125. The van der Waals surface area contributed by atoms with Gasteiger partial charge in [-0.05, 0) is 12.8 Å². The Morgan fingerprint density at radius 3 is 2.44 bits per heavy atom. The minimum Gasteiger partial charge on any atom is -0.315 e. The molecule has 2 heteroatoms. The second-order valence-corrected chi connectivity index (χ2v) is 3.16. The third kappa shape index (κ3) is 0.568. The van der Waals surface area contributed by atoms with Crippen LogP contribution in [0.2, 0.25) is 0 Å². The van der Waals surface area contributed by atoms with Gasteiger partial charge in [0.05, 0.1) is 5.41 Å². The number of carbonyl (C=O) groups excluding carboxylic acids is 1. The summed E-state index contributed by atoms with van der Waals surface area (Å²) < 4.78 is 0. The van der Waals surface area contributed by atoms with E-state index in [-0.39, 0.29) is 5.41 Å². The van der Waals surface area contributed by atoms with Crippen LogP contribution in [-0.4, -0.2) is 18.9 Å². The van der Waals surface area contributed by atoms with Gasteiger partial charge in [-0.2, -0.15) is 0 Å². The fourth-order valence-corrected chi connectivity index (χ4v) is 1.79. The van der Waals surface area contributed by atoms with Crippen LogP contribution in [0.15, 0.2) is 0 Å². The Labute approximate surface area is 54.6 Å². The molecule has 1 N–H and O–H groups in total. The Kier molecular flexibility index (Phi) is 0.943. The first kappa shape index (κ1) is 5.42. The Hall–Kier alpha value is -0.370. The second-order valence-electron chi connectivity index (χ2n) is 3.16. The highest BCUT2D eigenvalue weighted by Crippen LogP contribution is 2.37. The zero-order valence-electron chi connectivity index (χ0n) is 5.44. The summed E-state index contributed by atoms with van der Waals surface area (Å²) in [6, 6.07) is 0. The summed E-state index contributed by atoms with van der Waals surface area (Å²) in [5.74, 6) is 0.501. The molecular weight excluding hydrogens is 114 g/mol. The number of carbonyl (C=O) groups is 1. The molecule has 1 saturated carbocycles. The maximum absolute atomic E-state index is 11.1. The van der Waals surface area contributed by atoms with Gasteiger partial charge in [0.2, 0.25) is 0 Å². The van der Waals surface area contributed by atoms with Gasteiger partial charge in [0, 0.05) is 19.5 Å². The molecule has 0 aromatic rings. The van der Waals surface area contributed by atoms with E-state index < -0.39 is 0 Å². The minimum atomic E-state index is 0.125. The lowest BCUT2D eigenvalue weighted by molar-refractivity contribution is -0.128.